The molecule has 2 aromatic carbocycles. The van der Waals surface area contributed by atoms with Crippen molar-refractivity contribution in [1.29, 1.82) is 0 Å². The number of hydrogen-bond donors (Lipinski definition) is 2. The topological polar surface area (TPSA) is 84.1 Å². The van der Waals surface area contributed by atoms with Gasteiger partial charge in [0.1, 0.15) is 5.52 Å². The Bertz CT molecular complexity index is 942. The minimum absolute atomic E-state index is 0.132. The Labute approximate surface area is 152 Å². The molecule has 3 aromatic rings. The third-order valence-corrected chi connectivity index (χ3v) is 4.57. The molecule has 0 unspecified atom stereocenters. The summed E-state index contributed by atoms with van der Waals surface area (Å²) >= 11 is 7.34. The lowest BCUT2D eigenvalue weighted by molar-refractivity contribution is -0.113. The second kappa shape index (κ2) is 7.58. The number of esters is 1. The molecule has 1 heterocycles. The number of thioether (sulfide) groups is 1. The van der Waals surface area contributed by atoms with E-state index in [0.717, 1.165) is 5.52 Å². The molecule has 0 aliphatic carbocycles. The number of ether oxygens (including phenoxy) is 1. The van der Waals surface area contributed by atoms with Gasteiger partial charge in [-0.25, -0.2) is 9.78 Å². The Kier molecular flexibility index (Phi) is 5.25. The van der Waals surface area contributed by atoms with Gasteiger partial charge in [0.05, 0.1) is 34.7 Å². The molecule has 1 aromatic heterocycles. The number of aromatic amines is 1. The number of carbonyl (C=O) groups is 2. The summed E-state index contributed by atoms with van der Waals surface area (Å²) < 4.78 is 4.71. The van der Waals surface area contributed by atoms with Crippen LogP contribution in [0.2, 0.25) is 5.02 Å². The van der Waals surface area contributed by atoms with E-state index in [0.29, 0.717) is 26.9 Å². The van der Waals surface area contributed by atoms with Gasteiger partial charge in [-0.1, -0.05) is 41.6 Å². The number of H-pyrrole nitrogens is 1. The first-order valence-electron chi connectivity index (χ1n) is 7.32. The molecule has 2 N–H and O–H groups in total. The number of aromatic nitrogens is 2. The minimum atomic E-state index is -0.504. The largest absolute Gasteiger partial charge is 0.465 e. The first-order chi connectivity index (χ1) is 12.1. The van der Waals surface area contributed by atoms with Crippen LogP contribution in [0.4, 0.5) is 5.69 Å². The number of fused-ring (bicyclic) bond motifs is 1. The maximum absolute atomic E-state index is 12.2. The van der Waals surface area contributed by atoms with Crippen molar-refractivity contribution in [3.63, 3.8) is 0 Å². The zero-order chi connectivity index (χ0) is 17.8. The van der Waals surface area contributed by atoms with Crippen molar-refractivity contribution < 1.29 is 14.3 Å². The third-order valence-electron chi connectivity index (χ3n) is 3.39. The molecule has 0 atom stereocenters. The number of methoxy groups -OCH3 is 1. The maximum Gasteiger partial charge on any atom is 0.339 e. The summed E-state index contributed by atoms with van der Waals surface area (Å²) in [6.07, 6.45) is 0. The second-order valence-electron chi connectivity index (χ2n) is 5.05. The van der Waals surface area contributed by atoms with E-state index >= 15 is 0 Å². The first kappa shape index (κ1) is 17.3. The zero-order valence-electron chi connectivity index (χ0n) is 13.2. The fourth-order valence-electron chi connectivity index (χ4n) is 2.24. The Balaban J connectivity index is 1.67. The van der Waals surface area contributed by atoms with E-state index in [4.69, 9.17) is 16.3 Å². The van der Waals surface area contributed by atoms with E-state index in [1.54, 1.807) is 30.3 Å². The van der Waals surface area contributed by atoms with Crippen LogP contribution in [-0.2, 0) is 9.53 Å². The normalized spacial score (nSPS) is 10.6. The number of benzene rings is 2. The van der Waals surface area contributed by atoms with Gasteiger partial charge in [-0.2, -0.15) is 0 Å². The fraction of sp³-hybridized carbons (Fsp3) is 0.118. The quantitative estimate of drug-likeness (QED) is 0.524. The highest BCUT2D eigenvalue weighted by Crippen LogP contribution is 2.25. The molecule has 0 radical (unpaired) electrons. The van der Waals surface area contributed by atoms with Crippen LogP contribution >= 0.6 is 23.4 Å². The molecular formula is C17H14ClN3O3S. The van der Waals surface area contributed by atoms with Crippen LogP contribution in [0.15, 0.2) is 47.6 Å². The summed E-state index contributed by atoms with van der Waals surface area (Å²) in [7, 11) is 1.30. The SMILES string of the molecule is COC(=O)c1ccccc1NC(=O)CSc1nc2c(Cl)cccc2[nH]1. The molecule has 25 heavy (non-hydrogen) atoms. The number of halogens is 1. The van der Waals surface area contributed by atoms with Gasteiger partial charge in [0.15, 0.2) is 5.16 Å². The van der Waals surface area contributed by atoms with Crippen molar-refractivity contribution in [3.8, 4) is 0 Å². The van der Waals surface area contributed by atoms with Crippen LogP contribution in [-0.4, -0.2) is 34.7 Å². The molecular weight excluding hydrogens is 362 g/mol. The number of nitrogens with one attached hydrogen (secondary N) is 2. The Morgan fingerprint density at radius 2 is 2.04 bits per heavy atom. The van der Waals surface area contributed by atoms with Crippen molar-refractivity contribution >= 4 is 52.0 Å². The maximum atomic E-state index is 12.2. The Hall–Kier alpha value is -2.51. The van der Waals surface area contributed by atoms with Crippen LogP contribution in [0.3, 0.4) is 0 Å². The third kappa shape index (κ3) is 3.94. The number of hydrogen-bond acceptors (Lipinski definition) is 5. The Morgan fingerprint density at radius 1 is 1.24 bits per heavy atom. The van der Waals surface area contributed by atoms with Crippen LogP contribution < -0.4 is 5.32 Å². The molecule has 0 aliphatic heterocycles. The zero-order valence-corrected chi connectivity index (χ0v) is 14.8. The number of nitrogens with zero attached hydrogens (tertiary/aromatic N) is 1. The second-order valence-corrected chi connectivity index (χ2v) is 6.42. The molecule has 3 rings (SSSR count). The van der Waals surface area contributed by atoms with E-state index < -0.39 is 5.97 Å². The molecule has 0 aliphatic rings. The van der Waals surface area contributed by atoms with Crippen molar-refractivity contribution in [2.45, 2.75) is 5.16 Å². The summed E-state index contributed by atoms with van der Waals surface area (Å²) in [6.45, 7) is 0. The molecule has 6 nitrogen and oxygen atoms in total. The van der Waals surface area contributed by atoms with Crippen LogP contribution in [0.5, 0.6) is 0 Å². The fourth-order valence-corrected chi connectivity index (χ4v) is 3.14. The average Bonchev–Trinajstić information content (AvgIpc) is 3.04. The number of anilines is 1. The van der Waals surface area contributed by atoms with Crippen LogP contribution in [0.1, 0.15) is 10.4 Å². The number of carbonyl (C=O) groups excluding carboxylic acids is 2. The van der Waals surface area contributed by atoms with Gasteiger partial charge in [-0.15, -0.1) is 0 Å². The minimum Gasteiger partial charge on any atom is -0.465 e. The molecule has 8 heteroatoms. The summed E-state index contributed by atoms with van der Waals surface area (Å²) in [5.74, 6) is -0.629. The van der Waals surface area contributed by atoms with Gasteiger partial charge >= 0.3 is 5.97 Å². The van der Waals surface area contributed by atoms with Crippen LogP contribution in [0.25, 0.3) is 11.0 Å². The van der Waals surface area contributed by atoms with E-state index in [1.807, 2.05) is 12.1 Å². The van der Waals surface area contributed by atoms with Gasteiger partial charge in [0, 0.05) is 0 Å². The lowest BCUT2D eigenvalue weighted by Crippen LogP contribution is -2.17. The van der Waals surface area contributed by atoms with E-state index in [9.17, 15) is 9.59 Å². The highest BCUT2D eigenvalue weighted by molar-refractivity contribution is 7.99. The molecule has 1 amide bonds. The van der Waals surface area contributed by atoms with Crippen LogP contribution in [0, 0.1) is 0 Å². The van der Waals surface area contributed by atoms with Crippen molar-refractivity contribution in [3.05, 3.63) is 53.1 Å². The number of rotatable bonds is 5. The average molecular weight is 376 g/mol. The highest BCUT2D eigenvalue weighted by atomic mass is 35.5. The van der Waals surface area contributed by atoms with E-state index in [-0.39, 0.29) is 11.7 Å². The van der Waals surface area contributed by atoms with Crippen molar-refractivity contribution in [2.75, 3.05) is 18.2 Å². The highest BCUT2D eigenvalue weighted by Gasteiger charge is 2.14. The number of para-hydroxylation sites is 2. The smallest absolute Gasteiger partial charge is 0.339 e. The molecule has 0 fully saturated rings. The summed E-state index contributed by atoms with van der Waals surface area (Å²) in [6, 6.07) is 12.1. The molecule has 0 saturated carbocycles. The van der Waals surface area contributed by atoms with E-state index in [2.05, 4.69) is 15.3 Å². The standard InChI is InChI=1S/C17H14ClN3O3S/c1-24-16(23)10-5-2-3-7-12(10)19-14(22)9-25-17-20-13-8-4-6-11(18)15(13)21-17/h2-8H,9H2,1H3,(H,19,22)(H,20,21). The molecule has 0 spiro atoms. The van der Waals surface area contributed by atoms with E-state index in [1.165, 1.54) is 18.9 Å². The lowest BCUT2D eigenvalue weighted by Gasteiger charge is -2.08. The predicted octanol–water partition coefficient (Wildman–Crippen LogP) is 3.73. The first-order valence-corrected chi connectivity index (χ1v) is 8.69. The van der Waals surface area contributed by atoms with Crippen molar-refractivity contribution in [2.24, 2.45) is 0 Å². The molecule has 0 saturated heterocycles. The van der Waals surface area contributed by atoms with Gasteiger partial charge in [0.25, 0.3) is 0 Å². The summed E-state index contributed by atoms with van der Waals surface area (Å²) in [5, 5.41) is 3.86. The van der Waals surface area contributed by atoms with Gasteiger partial charge < -0.3 is 15.0 Å². The van der Waals surface area contributed by atoms with Gasteiger partial charge in [-0.3, -0.25) is 4.79 Å². The summed E-state index contributed by atoms with van der Waals surface area (Å²) in [5.41, 5.74) is 2.20. The van der Waals surface area contributed by atoms with Gasteiger partial charge in [-0.05, 0) is 24.3 Å². The lowest BCUT2D eigenvalue weighted by atomic mass is 10.2. The van der Waals surface area contributed by atoms with Gasteiger partial charge in [0.2, 0.25) is 5.91 Å². The number of amides is 1. The monoisotopic (exact) mass is 375 g/mol. The molecule has 0 bridgehead atoms. The van der Waals surface area contributed by atoms with Crippen molar-refractivity contribution in [1.82, 2.24) is 9.97 Å². The predicted molar refractivity (Wildman–Crippen MR) is 98.2 cm³/mol. The Morgan fingerprint density at radius 3 is 2.80 bits per heavy atom. The molecule has 128 valence electrons. The summed E-state index contributed by atoms with van der Waals surface area (Å²) in [4.78, 5) is 31.4. The number of imidazole rings is 1.